The Hall–Kier alpha value is -3.59. The molecule has 0 saturated carbocycles. The number of carbonyl (C=O) groups is 2. The number of methoxy groups -OCH3 is 1. The van der Waals surface area contributed by atoms with Crippen molar-refractivity contribution in [2.75, 3.05) is 20.3 Å². The van der Waals surface area contributed by atoms with E-state index in [1.54, 1.807) is 23.2 Å². The van der Waals surface area contributed by atoms with Gasteiger partial charge < -0.3 is 15.0 Å². The van der Waals surface area contributed by atoms with Crippen LogP contribution in [0.1, 0.15) is 34.3 Å². The molecule has 0 bridgehead atoms. The van der Waals surface area contributed by atoms with Gasteiger partial charge in [-0.3, -0.25) is 19.7 Å². The number of hydrogen-bond donors (Lipinski definition) is 2. The lowest BCUT2D eigenvalue weighted by Crippen LogP contribution is -2.40. The number of carbonyl (C=O) groups excluding carboxylic acids is 2. The van der Waals surface area contributed by atoms with Crippen LogP contribution in [0.4, 0.5) is 0 Å². The summed E-state index contributed by atoms with van der Waals surface area (Å²) in [4.78, 5) is 35.9. The van der Waals surface area contributed by atoms with E-state index in [-0.39, 0.29) is 30.5 Å². The van der Waals surface area contributed by atoms with E-state index in [2.05, 4.69) is 25.5 Å². The molecule has 3 aromatic rings. The highest BCUT2D eigenvalue weighted by molar-refractivity contribution is 5.94. The molecule has 0 radical (unpaired) electrons. The summed E-state index contributed by atoms with van der Waals surface area (Å²) in [5.41, 5.74) is 2.21. The minimum Gasteiger partial charge on any atom is -0.375 e. The molecule has 0 spiro atoms. The van der Waals surface area contributed by atoms with Crippen LogP contribution in [-0.4, -0.2) is 63.2 Å². The minimum absolute atomic E-state index is 0.0303. The Morgan fingerprint density at radius 2 is 2.03 bits per heavy atom. The van der Waals surface area contributed by atoms with Crippen LogP contribution in [0.15, 0.2) is 48.7 Å². The van der Waals surface area contributed by atoms with E-state index in [1.165, 1.54) is 7.11 Å². The van der Waals surface area contributed by atoms with Gasteiger partial charge in [-0.15, -0.1) is 0 Å². The summed E-state index contributed by atoms with van der Waals surface area (Å²) in [5, 5.41) is 10.2. The molecular formula is C22H24N6O3. The maximum atomic E-state index is 13.3. The van der Waals surface area contributed by atoms with Crippen LogP contribution < -0.4 is 5.32 Å². The Kier molecular flexibility index (Phi) is 6.03. The van der Waals surface area contributed by atoms with Gasteiger partial charge in [0.25, 0.3) is 5.91 Å². The number of hydrogen-bond acceptors (Lipinski definition) is 6. The summed E-state index contributed by atoms with van der Waals surface area (Å²) in [6.45, 7) is 2.19. The third-order valence-corrected chi connectivity index (χ3v) is 5.21. The summed E-state index contributed by atoms with van der Waals surface area (Å²) in [5.74, 6) is 0.751. The van der Waals surface area contributed by atoms with Gasteiger partial charge in [0.1, 0.15) is 12.4 Å². The van der Waals surface area contributed by atoms with E-state index in [0.717, 1.165) is 11.3 Å². The molecule has 1 aliphatic rings. The quantitative estimate of drug-likeness (QED) is 0.630. The topological polar surface area (TPSA) is 113 Å². The largest absolute Gasteiger partial charge is 0.375 e. The molecule has 1 aliphatic heterocycles. The molecule has 4 rings (SSSR count). The number of amides is 2. The molecule has 2 amide bonds. The molecule has 160 valence electrons. The monoisotopic (exact) mass is 420 g/mol. The van der Waals surface area contributed by atoms with E-state index in [0.29, 0.717) is 30.2 Å². The van der Waals surface area contributed by atoms with Crippen LogP contribution >= 0.6 is 0 Å². The normalized spacial score (nSPS) is 18.2. The van der Waals surface area contributed by atoms with E-state index < -0.39 is 0 Å². The molecular weight excluding hydrogens is 396 g/mol. The second kappa shape index (κ2) is 9.05. The fourth-order valence-corrected chi connectivity index (χ4v) is 3.72. The van der Waals surface area contributed by atoms with Gasteiger partial charge in [-0.05, 0) is 25.5 Å². The first-order valence-corrected chi connectivity index (χ1v) is 10.0. The summed E-state index contributed by atoms with van der Waals surface area (Å²) in [6.07, 6.45) is 2.09. The Balaban J connectivity index is 1.60. The molecule has 3 heterocycles. The molecule has 9 heteroatoms. The van der Waals surface area contributed by atoms with Gasteiger partial charge in [0, 0.05) is 37.2 Å². The number of benzene rings is 1. The first-order chi connectivity index (χ1) is 15.0. The van der Waals surface area contributed by atoms with Crippen molar-refractivity contribution in [3.63, 3.8) is 0 Å². The van der Waals surface area contributed by atoms with Crippen molar-refractivity contribution in [2.24, 2.45) is 0 Å². The number of aromatic nitrogens is 4. The Labute approximate surface area is 179 Å². The summed E-state index contributed by atoms with van der Waals surface area (Å²) >= 11 is 0. The number of likely N-dealkylation sites (tertiary alicyclic amines) is 1. The number of nitrogens with zero attached hydrogens (tertiary/aromatic N) is 4. The maximum absolute atomic E-state index is 13.3. The van der Waals surface area contributed by atoms with Crippen LogP contribution in [-0.2, 0) is 9.53 Å². The molecule has 0 aliphatic carbocycles. The molecule has 2 atom stereocenters. The third kappa shape index (κ3) is 4.61. The van der Waals surface area contributed by atoms with Gasteiger partial charge >= 0.3 is 0 Å². The van der Waals surface area contributed by atoms with E-state index in [1.807, 2.05) is 37.3 Å². The number of H-pyrrole nitrogens is 1. The van der Waals surface area contributed by atoms with E-state index in [9.17, 15) is 9.59 Å². The predicted octanol–water partition coefficient (Wildman–Crippen LogP) is 1.89. The first-order valence-electron chi connectivity index (χ1n) is 10.0. The second-order valence-corrected chi connectivity index (χ2v) is 7.51. The lowest BCUT2D eigenvalue weighted by molar-refractivity contribution is -0.125. The highest BCUT2D eigenvalue weighted by Gasteiger charge is 2.39. The van der Waals surface area contributed by atoms with Gasteiger partial charge in [-0.2, -0.15) is 5.10 Å². The van der Waals surface area contributed by atoms with Crippen LogP contribution in [0.3, 0.4) is 0 Å². The predicted molar refractivity (Wildman–Crippen MR) is 113 cm³/mol. The Bertz CT molecular complexity index is 1050. The van der Waals surface area contributed by atoms with Crippen molar-refractivity contribution in [3.05, 3.63) is 65.7 Å². The number of rotatable bonds is 6. The van der Waals surface area contributed by atoms with E-state index in [4.69, 9.17) is 4.74 Å². The van der Waals surface area contributed by atoms with Crippen molar-refractivity contribution in [3.8, 4) is 11.4 Å². The third-order valence-electron chi connectivity index (χ3n) is 5.21. The molecule has 2 N–H and O–H groups in total. The molecule has 1 aromatic carbocycles. The zero-order chi connectivity index (χ0) is 21.8. The zero-order valence-corrected chi connectivity index (χ0v) is 17.4. The fraction of sp³-hybridized carbons (Fsp3) is 0.318. The van der Waals surface area contributed by atoms with Crippen molar-refractivity contribution < 1.29 is 14.3 Å². The maximum Gasteiger partial charge on any atom is 0.256 e. The number of pyridine rings is 1. The fourth-order valence-electron chi connectivity index (χ4n) is 3.72. The van der Waals surface area contributed by atoms with Crippen LogP contribution in [0.5, 0.6) is 0 Å². The highest BCUT2D eigenvalue weighted by Crippen LogP contribution is 2.32. The lowest BCUT2D eigenvalue weighted by atomic mass is 10.1. The summed E-state index contributed by atoms with van der Waals surface area (Å²) < 4.78 is 4.90. The standard InChI is InChI=1S/C22H24N6O3/c1-14-8-9-16(11-23-14)22(30)28-12-17(24-19(29)13-31-2)10-18(28)21-25-20(26-27-21)15-6-4-3-5-7-15/h3-9,11,17-18H,10,12-13H2,1-2H3,(H,24,29)(H,25,26,27)/t17-,18-/m0/s1. The Morgan fingerprint density at radius 1 is 1.23 bits per heavy atom. The summed E-state index contributed by atoms with van der Waals surface area (Å²) in [6, 6.07) is 12.6. The van der Waals surface area contributed by atoms with Gasteiger partial charge in [0.2, 0.25) is 5.91 Å². The van der Waals surface area contributed by atoms with Gasteiger partial charge in [0.15, 0.2) is 5.82 Å². The number of ether oxygens (including phenoxy) is 1. The van der Waals surface area contributed by atoms with Crippen LogP contribution in [0.25, 0.3) is 11.4 Å². The van der Waals surface area contributed by atoms with Gasteiger partial charge in [0.05, 0.1) is 11.6 Å². The highest BCUT2D eigenvalue weighted by atomic mass is 16.5. The van der Waals surface area contributed by atoms with Gasteiger partial charge in [-0.25, -0.2) is 4.98 Å². The lowest BCUT2D eigenvalue weighted by Gasteiger charge is -2.22. The number of nitrogens with one attached hydrogen (secondary N) is 2. The average molecular weight is 420 g/mol. The smallest absolute Gasteiger partial charge is 0.256 e. The molecule has 31 heavy (non-hydrogen) atoms. The molecule has 1 fully saturated rings. The first kappa shape index (κ1) is 20.7. The molecule has 9 nitrogen and oxygen atoms in total. The summed E-state index contributed by atoms with van der Waals surface area (Å²) in [7, 11) is 1.47. The molecule has 2 aromatic heterocycles. The Morgan fingerprint density at radius 3 is 2.74 bits per heavy atom. The average Bonchev–Trinajstić information content (AvgIpc) is 3.42. The van der Waals surface area contributed by atoms with Crippen molar-refractivity contribution in [1.82, 2.24) is 30.4 Å². The minimum atomic E-state index is -0.355. The molecule has 1 saturated heterocycles. The van der Waals surface area contributed by atoms with Crippen molar-refractivity contribution in [2.45, 2.75) is 25.4 Å². The second-order valence-electron chi connectivity index (χ2n) is 7.51. The number of aromatic amines is 1. The van der Waals surface area contributed by atoms with Crippen LogP contribution in [0, 0.1) is 6.92 Å². The van der Waals surface area contributed by atoms with E-state index >= 15 is 0 Å². The SMILES string of the molecule is COCC(=O)N[C@H]1C[C@@H](c2nc(-c3ccccc3)n[nH]2)N(C(=O)c2ccc(C)nc2)C1. The van der Waals surface area contributed by atoms with Crippen molar-refractivity contribution in [1.29, 1.82) is 0 Å². The molecule has 0 unspecified atom stereocenters. The zero-order valence-electron chi connectivity index (χ0n) is 17.4. The van der Waals surface area contributed by atoms with Gasteiger partial charge in [-0.1, -0.05) is 30.3 Å². The van der Waals surface area contributed by atoms with Crippen LogP contribution in [0.2, 0.25) is 0 Å². The number of aryl methyl sites for hydroxylation is 1. The van der Waals surface area contributed by atoms with Crippen molar-refractivity contribution >= 4 is 11.8 Å².